The molecule has 0 aromatic heterocycles. The molecule has 5 nitrogen and oxygen atoms in total. The predicted octanol–water partition coefficient (Wildman–Crippen LogP) is -2.33. The first-order valence-electron chi connectivity index (χ1n) is 3.39. The highest BCUT2D eigenvalue weighted by molar-refractivity contribution is 6.05. The van der Waals surface area contributed by atoms with Gasteiger partial charge < -0.3 is 28.4 Å². The van der Waals surface area contributed by atoms with Crippen molar-refractivity contribution in [3.8, 4) is 0 Å². The van der Waals surface area contributed by atoms with Gasteiger partial charge in [0.05, 0.1) is 11.1 Å². The second-order valence-electron chi connectivity index (χ2n) is 2.38. The third-order valence-electron chi connectivity index (χ3n) is 1.54. The van der Waals surface area contributed by atoms with Crippen LogP contribution in [0.1, 0.15) is 20.7 Å². The summed E-state index contributed by atoms with van der Waals surface area (Å²) in [5.74, 6) is -2.64. The first-order chi connectivity index (χ1) is 6.04. The fourth-order valence-corrected chi connectivity index (χ4v) is 0.987. The Kier molecular flexibility index (Phi) is 3.92. The van der Waals surface area contributed by atoms with Crippen LogP contribution in [0, 0.1) is 0 Å². The van der Waals surface area contributed by atoms with E-state index >= 15 is 0 Å². The lowest BCUT2D eigenvalue weighted by Crippen LogP contribution is -3.00. The van der Waals surface area contributed by atoms with Crippen molar-refractivity contribution >= 4 is 17.6 Å². The van der Waals surface area contributed by atoms with Crippen molar-refractivity contribution in [2.24, 2.45) is 0 Å². The molecule has 0 bridgehead atoms. The molecule has 0 saturated heterocycles. The van der Waals surface area contributed by atoms with E-state index in [9.17, 15) is 9.59 Å². The van der Waals surface area contributed by atoms with Gasteiger partial charge in [0.25, 0.3) is 0 Å². The largest absolute Gasteiger partial charge is 1.00 e. The standard InChI is InChI=1S/C8H7NO4.ClH/c9-5-3-1-2-4(7(10)11)6(5)8(12)13;/h1-3H,9H2,(H,10,11)(H,12,13);1H/p-1. The first-order valence-corrected chi connectivity index (χ1v) is 3.39. The summed E-state index contributed by atoms with van der Waals surface area (Å²) in [6.45, 7) is 0. The number of nitrogen functional groups attached to an aromatic ring is 1. The van der Waals surface area contributed by atoms with Crippen LogP contribution in [-0.2, 0) is 0 Å². The molecule has 76 valence electrons. The third-order valence-corrected chi connectivity index (χ3v) is 1.54. The molecule has 0 saturated carbocycles. The zero-order valence-electron chi connectivity index (χ0n) is 6.90. The summed E-state index contributed by atoms with van der Waals surface area (Å²) in [4.78, 5) is 21.2. The minimum atomic E-state index is -1.34. The number of benzene rings is 1. The van der Waals surface area contributed by atoms with E-state index < -0.39 is 11.9 Å². The van der Waals surface area contributed by atoms with E-state index in [1.165, 1.54) is 18.2 Å². The van der Waals surface area contributed by atoms with E-state index in [0.29, 0.717) is 0 Å². The summed E-state index contributed by atoms with van der Waals surface area (Å²) in [5.41, 5.74) is 4.60. The normalized spacial score (nSPS) is 8.86. The van der Waals surface area contributed by atoms with Gasteiger partial charge in [-0.05, 0) is 12.1 Å². The van der Waals surface area contributed by atoms with Crippen LogP contribution in [0.25, 0.3) is 0 Å². The molecule has 0 aliphatic carbocycles. The molecule has 4 N–H and O–H groups in total. The molecule has 0 spiro atoms. The zero-order chi connectivity index (χ0) is 10.0. The van der Waals surface area contributed by atoms with Crippen molar-refractivity contribution in [2.75, 3.05) is 5.73 Å². The topological polar surface area (TPSA) is 101 Å². The molecule has 0 fully saturated rings. The van der Waals surface area contributed by atoms with Crippen molar-refractivity contribution in [1.29, 1.82) is 0 Å². The maximum Gasteiger partial charge on any atom is 0.338 e. The number of rotatable bonds is 2. The molecular formula is C8H7ClNO4-. The Morgan fingerprint density at radius 2 is 1.71 bits per heavy atom. The van der Waals surface area contributed by atoms with Crippen molar-refractivity contribution < 1.29 is 32.2 Å². The third kappa shape index (κ3) is 2.14. The van der Waals surface area contributed by atoms with Gasteiger partial charge in [-0.1, -0.05) is 6.07 Å². The van der Waals surface area contributed by atoms with Crippen molar-refractivity contribution in [2.45, 2.75) is 0 Å². The smallest absolute Gasteiger partial charge is 0.338 e. The fourth-order valence-electron chi connectivity index (χ4n) is 0.987. The second kappa shape index (κ2) is 4.48. The molecule has 6 heteroatoms. The van der Waals surface area contributed by atoms with Crippen LogP contribution in [0.4, 0.5) is 5.69 Å². The molecule has 0 amide bonds. The number of hydrogen-bond acceptors (Lipinski definition) is 3. The Morgan fingerprint density at radius 3 is 2.07 bits per heavy atom. The second-order valence-corrected chi connectivity index (χ2v) is 2.38. The van der Waals surface area contributed by atoms with Crippen LogP contribution < -0.4 is 18.1 Å². The van der Waals surface area contributed by atoms with Crippen molar-refractivity contribution in [3.05, 3.63) is 29.3 Å². The number of aromatic carboxylic acids is 2. The number of carboxylic acid groups (broad SMARTS) is 2. The number of nitrogens with two attached hydrogens (primary N) is 1. The maximum absolute atomic E-state index is 10.6. The molecule has 0 heterocycles. The number of carboxylic acids is 2. The number of carbonyl (C=O) groups is 2. The first kappa shape index (κ1) is 12.2. The van der Waals surface area contributed by atoms with E-state index in [1.807, 2.05) is 0 Å². The fraction of sp³-hybridized carbons (Fsp3) is 0. The molecule has 0 radical (unpaired) electrons. The number of halogens is 1. The van der Waals surface area contributed by atoms with Gasteiger partial charge in [-0.15, -0.1) is 0 Å². The summed E-state index contributed by atoms with van der Waals surface area (Å²) in [6.07, 6.45) is 0. The van der Waals surface area contributed by atoms with E-state index in [0.717, 1.165) is 0 Å². The lowest BCUT2D eigenvalue weighted by atomic mass is 10.1. The Balaban J connectivity index is 0.00000169. The van der Waals surface area contributed by atoms with E-state index in [-0.39, 0.29) is 29.2 Å². The minimum Gasteiger partial charge on any atom is -1.00 e. The average Bonchev–Trinajstić information content (AvgIpc) is 2.02. The van der Waals surface area contributed by atoms with Gasteiger partial charge in [0, 0.05) is 5.69 Å². The summed E-state index contributed by atoms with van der Waals surface area (Å²) in [7, 11) is 0. The Hall–Kier alpha value is -1.75. The minimum absolute atomic E-state index is 0. The monoisotopic (exact) mass is 216 g/mol. The number of anilines is 1. The maximum atomic E-state index is 10.6. The van der Waals surface area contributed by atoms with Gasteiger partial charge in [0.2, 0.25) is 0 Å². The van der Waals surface area contributed by atoms with Crippen LogP contribution >= 0.6 is 0 Å². The molecule has 1 aromatic rings. The molecule has 1 aromatic carbocycles. The van der Waals surface area contributed by atoms with Crippen LogP contribution in [0.2, 0.25) is 0 Å². The zero-order valence-corrected chi connectivity index (χ0v) is 7.65. The quantitative estimate of drug-likeness (QED) is 0.482. The average molecular weight is 217 g/mol. The molecule has 14 heavy (non-hydrogen) atoms. The van der Waals surface area contributed by atoms with Crippen LogP contribution in [-0.4, -0.2) is 22.2 Å². The molecule has 0 aliphatic rings. The van der Waals surface area contributed by atoms with E-state index in [1.54, 1.807) is 0 Å². The lowest BCUT2D eigenvalue weighted by Gasteiger charge is -2.03. The summed E-state index contributed by atoms with van der Waals surface area (Å²) < 4.78 is 0. The molecule has 0 aliphatic heterocycles. The summed E-state index contributed by atoms with van der Waals surface area (Å²) in [6, 6.07) is 3.93. The van der Waals surface area contributed by atoms with Crippen molar-refractivity contribution in [1.82, 2.24) is 0 Å². The predicted molar refractivity (Wildman–Crippen MR) is 44.8 cm³/mol. The molecule has 1 rings (SSSR count). The number of hydrogen-bond donors (Lipinski definition) is 3. The van der Waals surface area contributed by atoms with Crippen LogP contribution in [0.15, 0.2) is 18.2 Å². The van der Waals surface area contributed by atoms with Crippen molar-refractivity contribution in [3.63, 3.8) is 0 Å². The molecule has 0 atom stereocenters. The highest BCUT2D eigenvalue weighted by Crippen LogP contribution is 2.16. The molecule has 0 unspecified atom stereocenters. The van der Waals surface area contributed by atoms with Gasteiger partial charge >= 0.3 is 11.9 Å². The van der Waals surface area contributed by atoms with Gasteiger partial charge in [-0.3, -0.25) is 0 Å². The summed E-state index contributed by atoms with van der Waals surface area (Å²) >= 11 is 0. The van der Waals surface area contributed by atoms with E-state index in [2.05, 4.69) is 0 Å². The summed E-state index contributed by atoms with van der Waals surface area (Å²) in [5, 5.41) is 17.3. The Bertz CT molecular complexity index is 378. The van der Waals surface area contributed by atoms with Crippen LogP contribution in [0.3, 0.4) is 0 Å². The van der Waals surface area contributed by atoms with Gasteiger partial charge in [0.1, 0.15) is 0 Å². The van der Waals surface area contributed by atoms with E-state index in [4.69, 9.17) is 15.9 Å². The van der Waals surface area contributed by atoms with Gasteiger partial charge in [-0.25, -0.2) is 9.59 Å². The Labute approximate surface area is 85.6 Å². The molecular weight excluding hydrogens is 210 g/mol. The lowest BCUT2D eigenvalue weighted by molar-refractivity contribution is -0.0000322. The van der Waals surface area contributed by atoms with Crippen LogP contribution in [0.5, 0.6) is 0 Å². The highest BCUT2D eigenvalue weighted by atomic mass is 35.5. The Morgan fingerprint density at radius 1 is 1.14 bits per heavy atom. The highest BCUT2D eigenvalue weighted by Gasteiger charge is 2.17. The SMILES string of the molecule is Nc1cccc(C(=O)O)c1C(=O)O.[Cl-]. The van der Waals surface area contributed by atoms with Gasteiger partial charge in [-0.2, -0.15) is 0 Å². The van der Waals surface area contributed by atoms with Gasteiger partial charge in [0.15, 0.2) is 0 Å².